The van der Waals surface area contributed by atoms with Crippen LogP contribution in [0.5, 0.6) is 0 Å². The van der Waals surface area contributed by atoms with E-state index in [1.54, 1.807) is 17.9 Å². The van der Waals surface area contributed by atoms with Gasteiger partial charge in [-0.15, -0.1) is 0 Å². The second-order valence-corrected chi connectivity index (χ2v) is 8.26. The van der Waals surface area contributed by atoms with Gasteiger partial charge in [0, 0.05) is 30.4 Å². The molecule has 8 heteroatoms. The molecule has 1 fully saturated rings. The number of benzene rings is 3. The average Bonchev–Trinajstić information content (AvgIpc) is 2.84. The molecule has 1 atom stereocenters. The normalized spacial score (nSPS) is 14.5. The van der Waals surface area contributed by atoms with E-state index >= 15 is 0 Å². The minimum absolute atomic E-state index is 0.0814. The van der Waals surface area contributed by atoms with Crippen molar-refractivity contribution in [3.8, 4) is 0 Å². The maximum absolute atomic E-state index is 12.8. The van der Waals surface area contributed by atoms with Crippen LogP contribution in [0, 0.1) is 10.1 Å². The molecule has 3 aromatic carbocycles. The van der Waals surface area contributed by atoms with Gasteiger partial charge in [0.15, 0.2) is 0 Å². The molecule has 0 saturated carbocycles. The summed E-state index contributed by atoms with van der Waals surface area (Å²) >= 11 is 0. The Kier molecular flexibility index (Phi) is 6.53. The van der Waals surface area contributed by atoms with Crippen molar-refractivity contribution in [3.63, 3.8) is 0 Å². The molecule has 0 unspecified atom stereocenters. The van der Waals surface area contributed by atoms with Crippen LogP contribution < -0.4 is 10.6 Å². The zero-order valence-corrected chi connectivity index (χ0v) is 18.4. The van der Waals surface area contributed by atoms with E-state index in [1.807, 2.05) is 36.4 Å². The Hall–Kier alpha value is -3.94. The molecule has 3 aromatic rings. The van der Waals surface area contributed by atoms with E-state index in [0.29, 0.717) is 18.8 Å². The van der Waals surface area contributed by atoms with Crippen LogP contribution in [0.4, 0.5) is 17.1 Å². The van der Waals surface area contributed by atoms with E-state index in [9.17, 15) is 19.7 Å². The molecular formula is C25H26N4O4. The molecule has 1 aliphatic rings. The van der Waals surface area contributed by atoms with E-state index in [0.717, 1.165) is 30.0 Å². The van der Waals surface area contributed by atoms with E-state index in [-0.39, 0.29) is 22.8 Å². The van der Waals surface area contributed by atoms with Crippen LogP contribution in [0.2, 0.25) is 0 Å². The monoisotopic (exact) mass is 446 g/mol. The molecular weight excluding hydrogens is 420 g/mol. The second kappa shape index (κ2) is 9.68. The average molecular weight is 447 g/mol. The molecule has 33 heavy (non-hydrogen) atoms. The Morgan fingerprint density at radius 3 is 2.42 bits per heavy atom. The van der Waals surface area contributed by atoms with Gasteiger partial charge in [0.2, 0.25) is 5.91 Å². The van der Waals surface area contributed by atoms with Gasteiger partial charge in [-0.3, -0.25) is 19.7 Å². The number of likely N-dealkylation sites (tertiary alicyclic amines) is 1. The van der Waals surface area contributed by atoms with Crippen LogP contribution in [0.15, 0.2) is 60.7 Å². The van der Waals surface area contributed by atoms with Crippen LogP contribution in [0.25, 0.3) is 10.8 Å². The molecule has 0 aromatic heterocycles. The number of nitro groups is 1. The first-order valence-electron chi connectivity index (χ1n) is 11.1. The SMILES string of the molecule is C[C@H](Nc1ccc(C(=O)Nc2ccc3ccccc3c2)cc1[N+](=O)[O-])C(=O)N1CCCCC1. The van der Waals surface area contributed by atoms with E-state index in [4.69, 9.17) is 0 Å². The first kappa shape index (κ1) is 22.3. The summed E-state index contributed by atoms with van der Waals surface area (Å²) in [6.45, 7) is 3.11. The topological polar surface area (TPSA) is 105 Å². The van der Waals surface area contributed by atoms with Crippen molar-refractivity contribution < 1.29 is 14.5 Å². The third kappa shape index (κ3) is 5.11. The maximum atomic E-state index is 12.8. The summed E-state index contributed by atoms with van der Waals surface area (Å²) in [5, 5.41) is 19.5. The Balaban J connectivity index is 1.50. The van der Waals surface area contributed by atoms with E-state index in [2.05, 4.69) is 10.6 Å². The lowest BCUT2D eigenvalue weighted by Gasteiger charge is -2.29. The molecule has 2 N–H and O–H groups in total. The predicted molar refractivity (Wildman–Crippen MR) is 129 cm³/mol. The fraction of sp³-hybridized carbons (Fsp3) is 0.280. The van der Waals surface area contributed by atoms with Crippen molar-refractivity contribution in [3.05, 3.63) is 76.3 Å². The van der Waals surface area contributed by atoms with E-state index in [1.165, 1.54) is 18.2 Å². The number of fused-ring (bicyclic) bond motifs is 1. The minimum Gasteiger partial charge on any atom is -0.368 e. The number of hydrogen-bond donors (Lipinski definition) is 2. The van der Waals surface area contributed by atoms with Gasteiger partial charge in [0.05, 0.1) is 4.92 Å². The lowest BCUT2D eigenvalue weighted by atomic mass is 10.1. The molecule has 2 amide bonds. The number of hydrogen-bond acceptors (Lipinski definition) is 5. The van der Waals surface area contributed by atoms with Gasteiger partial charge in [0.25, 0.3) is 11.6 Å². The summed E-state index contributed by atoms with van der Waals surface area (Å²) in [4.78, 5) is 38.4. The Morgan fingerprint density at radius 2 is 1.70 bits per heavy atom. The zero-order chi connectivity index (χ0) is 23.4. The number of nitro benzene ring substituents is 1. The number of piperidine rings is 1. The van der Waals surface area contributed by atoms with Crippen molar-refractivity contribution in [2.75, 3.05) is 23.7 Å². The van der Waals surface area contributed by atoms with Gasteiger partial charge >= 0.3 is 0 Å². The van der Waals surface area contributed by atoms with Crippen molar-refractivity contribution in [1.29, 1.82) is 0 Å². The van der Waals surface area contributed by atoms with Gasteiger partial charge in [-0.1, -0.05) is 30.3 Å². The maximum Gasteiger partial charge on any atom is 0.293 e. The molecule has 4 rings (SSSR count). The quantitative estimate of drug-likeness (QED) is 0.418. The molecule has 1 saturated heterocycles. The number of amides is 2. The van der Waals surface area contributed by atoms with Crippen molar-refractivity contribution >= 4 is 39.6 Å². The Morgan fingerprint density at radius 1 is 0.970 bits per heavy atom. The number of carbonyl (C=O) groups is 2. The Labute approximate surface area is 191 Å². The van der Waals surface area contributed by atoms with Crippen LogP contribution >= 0.6 is 0 Å². The Bertz CT molecular complexity index is 1200. The van der Waals surface area contributed by atoms with Gasteiger partial charge in [-0.25, -0.2) is 0 Å². The highest BCUT2D eigenvalue weighted by molar-refractivity contribution is 6.06. The molecule has 0 aliphatic carbocycles. The molecule has 1 aliphatic heterocycles. The lowest BCUT2D eigenvalue weighted by molar-refractivity contribution is -0.384. The van der Waals surface area contributed by atoms with Gasteiger partial charge < -0.3 is 15.5 Å². The third-order valence-electron chi connectivity index (χ3n) is 5.87. The van der Waals surface area contributed by atoms with Gasteiger partial charge in [-0.2, -0.15) is 0 Å². The highest BCUT2D eigenvalue weighted by Gasteiger charge is 2.25. The van der Waals surface area contributed by atoms with Crippen LogP contribution in [0.1, 0.15) is 36.5 Å². The molecule has 1 heterocycles. The van der Waals surface area contributed by atoms with Crippen LogP contribution in [-0.2, 0) is 4.79 Å². The first-order chi connectivity index (χ1) is 15.9. The fourth-order valence-electron chi connectivity index (χ4n) is 4.10. The standard InChI is InChI=1S/C25H26N4O4/c1-17(25(31)28-13-5-2-6-14-28)26-22-12-10-20(16-23(22)29(32)33)24(30)27-21-11-9-18-7-3-4-8-19(18)15-21/h3-4,7-12,15-17,26H,2,5-6,13-14H2,1H3,(H,27,30)/t17-/m0/s1. The number of nitrogens with one attached hydrogen (secondary N) is 2. The molecule has 0 radical (unpaired) electrons. The lowest BCUT2D eigenvalue weighted by Crippen LogP contribution is -2.43. The number of nitrogens with zero attached hydrogens (tertiary/aromatic N) is 2. The van der Waals surface area contributed by atoms with Crippen molar-refractivity contribution in [1.82, 2.24) is 4.90 Å². The summed E-state index contributed by atoms with van der Waals surface area (Å²) in [5.74, 6) is -0.528. The summed E-state index contributed by atoms with van der Waals surface area (Å²) in [6, 6.07) is 16.9. The highest BCUT2D eigenvalue weighted by atomic mass is 16.6. The van der Waals surface area contributed by atoms with Crippen molar-refractivity contribution in [2.24, 2.45) is 0 Å². The first-order valence-corrected chi connectivity index (χ1v) is 11.1. The molecule has 0 spiro atoms. The smallest absolute Gasteiger partial charge is 0.293 e. The molecule has 170 valence electrons. The summed E-state index contributed by atoms with van der Waals surface area (Å²) in [6.07, 6.45) is 3.05. The summed E-state index contributed by atoms with van der Waals surface area (Å²) < 4.78 is 0. The van der Waals surface area contributed by atoms with Crippen LogP contribution in [-0.4, -0.2) is 40.8 Å². The second-order valence-electron chi connectivity index (χ2n) is 8.26. The van der Waals surface area contributed by atoms with E-state index < -0.39 is 16.9 Å². The van der Waals surface area contributed by atoms with Crippen LogP contribution in [0.3, 0.4) is 0 Å². The van der Waals surface area contributed by atoms with Gasteiger partial charge in [-0.05, 0) is 61.2 Å². The number of anilines is 2. The zero-order valence-electron chi connectivity index (χ0n) is 18.4. The number of carbonyl (C=O) groups excluding carboxylic acids is 2. The molecule has 0 bridgehead atoms. The predicted octanol–water partition coefficient (Wildman–Crippen LogP) is 4.81. The summed E-state index contributed by atoms with van der Waals surface area (Å²) in [5.41, 5.74) is 0.722. The molecule has 8 nitrogen and oxygen atoms in total. The minimum atomic E-state index is -0.612. The van der Waals surface area contributed by atoms with Crippen molar-refractivity contribution in [2.45, 2.75) is 32.2 Å². The summed E-state index contributed by atoms with van der Waals surface area (Å²) in [7, 11) is 0. The number of rotatable bonds is 6. The highest BCUT2D eigenvalue weighted by Crippen LogP contribution is 2.27. The third-order valence-corrected chi connectivity index (χ3v) is 5.87. The van der Waals surface area contributed by atoms with Gasteiger partial charge in [0.1, 0.15) is 11.7 Å². The largest absolute Gasteiger partial charge is 0.368 e. The fourth-order valence-corrected chi connectivity index (χ4v) is 4.10.